The van der Waals surface area contributed by atoms with Crippen LogP contribution in [0.4, 0.5) is 11.8 Å². The zero-order valence-corrected chi connectivity index (χ0v) is 12.6. The van der Waals surface area contributed by atoms with Crippen LogP contribution in [0.2, 0.25) is 0 Å². The molecule has 3 heterocycles. The van der Waals surface area contributed by atoms with Gasteiger partial charge >= 0.3 is 0 Å². The lowest BCUT2D eigenvalue weighted by molar-refractivity contribution is -0.118. The predicted octanol–water partition coefficient (Wildman–Crippen LogP) is 0.991. The van der Waals surface area contributed by atoms with Gasteiger partial charge < -0.3 is 14.7 Å². The van der Waals surface area contributed by atoms with Gasteiger partial charge in [0.05, 0.1) is 0 Å². The summed E-state index contributed by atoms with van der Waals surface area (Å²) in [5, 5.41) is 0. The zero-order valence-electron chi connectivity index (χ0n) is 12.6. The van der Waals surface area contributed by atoms with Crippen LogP contribution in [0.1, 0.15) is 19.8 Å². The van der Waals surface area contributed by atoms with Gasteiger partial charge in [0.15, 0.2) is 0 Å². The summed E-state index contributed by atoms with van der Waals surface area (Å²) in [4.78, 5) is 26.2. The van der Waals surface area contributed by atoms with E-state index in [1.165, 1.54) is 12.8 Å². The average molecular weight is 289 g/mol. The van der Waals surface area contributed by atoms with Crippen molar-refractivity contribution in [2.45, 2.75) is 19.8 Å². The van der Waals surface area contributed by atoms with E-state index in [1.54, 1.807) is 4.90 Å². The number of rotatable bonds is 3. The largest absolute Gasteiger partial charge is 0.356 e. The minimum Gasteiger partial charge on any atom is -0.356 e. The van der Waals surface area contributed by atoms with Crippen molar-refractivity contribution < 1.29 is 4.79 Å². The maximum Gasteiger partial charge on any atom is 0.227 e. The van der Waals surface area contributed by atoms with Crippen molar-refractivity contribution in [3.63, 3.8) is 0 Å². The fourth-order valence-corrected chi connectivity index (χ4v) is 3.09. The molecule has 6 heteroatoms. The van der Waals surface area contributed by atoms with Crippen LogP contribution in [-0.2, 0) is 4.79 Å². The Hall–Kier alpha value is -1.85. The standard InChI is InChI=1S/C15H23N5O/c1-13-3-2-6-20(11-13)14-4-5-16-15(17-14)19-9-7-18(12-21)8-10-19/h4-5,12-13H,2-3,6-11H2,1H3. The van der Waals surface area contributed by atoms with Gasteiger partial charge in [-0.2, -0.15) is 4.98 Å². The molecule has 2 saturated heterocycles. The van der Waals surface area contributed by atoms with E-state index < -0.39 is 0 Å². The lowest BCUT2D eigenvalue weighted by Crippen LogP contribution is -2.46. The summed E-state index contributed by atoms with van der Waals surface area (Å²) in [6.45, 7) is 7.56. The first-order valence-electron chi connectivity index (χ1n) is 7.78. The first-order chi connectivity index (χ1) is 10.3. The third kappa shape index (κ3) is 3.25. The second-order valence-electron chi connectivity index (χ2n) is 6.04. The zero-order chi connectivity index (χ0) is 14.7. The summed E-state index contributed by atoms with van der Waals surface area (Å²) in [6.07, 6.45) is 5.31. The maximum atomic E-state index is 10.8. The summed E-state index contributed by atoms with van der Waals surface area (Å²) >= 11 is 0. The van der Waals surface area contributed by atoms with Gasteiger partial charge in [-0.25, -0.2) is 4.98 Å². The molecular weight excluding hydrogens is 266 g/mol. The molecule has 0 bridgehead atoms. The summed E-state index contributed by atoms with van der Waals surface area (Å²) in [5.74, 6) is 2.55. The number of amides is 1. The van der Waals surface area contributed by atoms with E-state index >= 15 is 0 Å². The fourth-order valence-electron chi connectivity index (χ4n) is 3.09. The Morgan fingerprint density at radius 1 is 1.19 bits per heavy atom. The molecule has 1 amide bonds. The van der Waals surface area contributed by atoms with Crippen LogP contribution in [0.5, 0.6) is 0 Å². The van der Waals surface area contributed by atoms with E-state index in [-0.39, 0.29) is 0 Å². The highest BCUT2D eigenvalue weighted by Crippen LogP contribution is 2.22. The van der Waals surface area contributed by atoms with Gasteiger partial charge in [-0.1, -0.05) is 6.92 Å². The molecule has 1 unspecified atom stereocenters. The van der Waals surface area contributed by atoms with Crippen molar-refractivity contribution in [2.75, 3.05) is 49.1 Å². The monoisotopic (exact) mass is 289 g/mol. The summed E-state index contributed by atoms with van der Waals surface area (Å²) in [5.41, 5.74) is 0. The van der Waals surface area contributed by atoms with Crippen molar-refractivity contribution in [3.05, 3.63) is 12.3 Å². The Morgan fingerprint density at radius 3 is 2.71 bits per heavy atom. The van der Waals surface area contributed by atoms with E-state index in [1.807, 2.05) is 12.3 Å². The van der Waals surface area contributed by atoms with Gasteiger partial charge in [-0.3, -0.25) is 4.79 Å². The van der Waals surface area contributed by atoms with Crippen molar-refractivity contribution >= 4 is 18.2 Å². The number of hydrogen-bond donors (Lipinski definition) is 0. The number of carbonyl (C=O) groups is 1. The molecule has 0 radical (unpaired) electrons. The molecule has 3 rings (SSSR count). The highest BCUT2D eigenvalue weighted by atomic mass is 16.1. The Kier molecular flexibility index (Phi) is 4.22. The van der Waals surface area contributed by atoms with Crippen molar-refractivity contribution in [1.29, 1.82) is 0 Å². The van der Waals surface area contributed by atoms with Crippen LogP contribution in [0.15, 0.2) is 12.3 Å². The number of piperazine rings is 1. The molecule has 2 aliphatic rings. The molecular formula is C15H23N5O. The number of hydrogen-bond acceptors (Lipinski definition) is 5. The SMILES string of the molecule is CC1CCCN(c2ccnc(N3CCN(C=O)CC3)n2)C1. The summed E-state index contributed by atoms with van der Waals surface area (Å²) < 4.78 is 0. The molecule has 1 aromatic rings. The Labute approximate surface area is 125 Å². The third-order valence-corrected chi connectivity index (χ3v) is 4.36. The van der Waals surface area contributed by atoms with Crippen molar-refractivity contribution in [1.82, 2.24) is 14.9 Å². The molecule has 0 aliphatic carbocycles. The van der Waals surface area contributed by atoms with E-state index in [0.717, 1.165) is 63.4 Å². The molecule has 6 nitrogen and oxygen atoms in total. The first-order valence-corrected chi connectivity index (χ1v) is 7.78. The molecule has 1 aromatic heterocycles. The second kappa shape index (κ2) is 6.28. The van der Waals surface area contributed by atoms with Crippen LogP contribution < -0.4 is 9.80 Å². The van der Waals surface area contributed by atoms with Crippen LogP contribution in [0.25, 0.3) is 0 Å². The topological polar surface area (TPSA) is 52.6 Å². The first kappa shape index (κ1) is 14.1. The minimum absolute atomic E-state index is 0.730. The van der Waals surface area contributed by atoms with Gasteiger partial charge in [-0.05, 0) is 24.8 Å². The Bertz CT molecular complexity index is 487. The van der Waals surface area contributed by atoms with Crippen LogP contribution in [0.3, 0.4) is 0 Å². The normalized spacial score (nSPS) is 23.3. The van der Waals surface area contributed by atoms with Gasteiger partial charge in [0, 0.05) is 45.5 Å². The third-order valence-electron chi connectivity index (χ3n) is 4.36. The number of piperidine rings is 1. The Balaban J connectivity index is 1.70. The number of aromatic nitrogens is 2. The average Bonchev–Trinajstić information content (AvgIpc) is 2.55. The molecule has 2 aliphatic heterocycles. The molecule has 0 spiro atoms. The van der Waals surface area contributed by atoms with E-state index in [4.69, 9.17) is 4.98 Å². The molecule has 1 atom stereocenters. The number of anilines is 2. The molecule has 21 heavy (non-hydrogen) atoms. The lowest BCUT2D eigenvalue weighted by atomic mass is 10.0. The van der Waals surface area contributed by atoms with E-state index in [2.05, 4.69) is 21.7 Å². The van der Waals surface area contributed by atoms with E-state index in [0.29, 0.717) is 0 Å². The van der Waals surface area contributed by atoms with Gasteiger partial charge in [0.2, 0.25) is 12.4 Å². The summed E-state index contributed by atoms with van der Waals surface area (Å²) in [7, 11) is 0. The number of nitrogens with zero attached hydrogens (tertiary/aromatic N) is 5. The summed E-state index contributed by atoms with van der Waals surface area (Å²) in [6, 6.07) is 2.00. The predicted molar refractivity (Wildman–Crippen MR) is 82.5 cm³/mol. The smallest absolute Gasteiger partial charge is 0.227 e. The molecule has 0 N–H and O–H groups in total. The second-order valence-corrected chi connectivity index (χ2v) is 6.04. The van der Waals surface area contributed by atoms with Crippen LogP contribution in [-0.4, -0.2) is 60.5 Å². The van der Waals surface area contributed by atoms with Crippen LogP contribution in [0, 0.1) is 5.92 Å². The maximum absolute atomic E-state index is 10.8. The highest BCUT2D eigenvalue weighted by molar-refractivity contribution is 5.49. The van der Waals surface area contributed by atoms with Gasteiger partial charge in [0.1, 0.15) is 5.82 Å². The van der Waals surface area contributed by atoms with Crippen molar-refractivity contribution in [3.8, 4) is 0 Å². The quantitative estimate of drug-likeness (QED) is 0.777. The minimum atomic E-state index is 0.730. The molecule has 114 valence electrons. The fraction of sp³-hybridized carbons (Fsp3) is 0.667. The Morgan fingerprint density at radius 2 is 2.00 bits per heavy atom. The molecule has 0 saturated carbocycles. The lowest BCUT2D eigenvalue weighted by Gasteiger charge is -2.34. The van der Waals surface area contributed by atoms with Gasteiger partial charge in [0.25, 0.3) is 0 Å². The molecule has 0 aromatic carbocycles. The van der Waals surface area contributed by atoms with Crippen molar-refractivity contribution in [2.24, 2.45) is 5.92 Å². The van der Waals surface area contributed by atoms with Gasteiger partial charge in [-0.15, -0.1) is 0 Å². The number of carbonyl (C=O) groups excluding carboxylic acids is 1. The van der Waals surface area contributed by atoms with Crippen LogP contribution >= 0.6 is 0 Å². The molecule has 2 fully saturated rings. The van der Waals surface area contributed by atoms with E-state index in [9.17, 15) is 4.79 Å². The highest BCUT2D eigenvalue weighted by Gasteiger charge is 2.21.